The van der Waals surface area contributed by atoms with Crippen LogP contribution in [0.2, 0.25) is 0 Å². The van der Waals surface area contributed by atoms with Crippen molar-refractivity contribution in [3.63, 3.8) is 0 Å². The molecular weight excluding hydrogens is 339 g/mol. The van der Waals surface area contributed by atoms with Gasteiger partial charge in [-0.3, -0.25) is 4.79 Å². The molecule has 1 saturated heterocycles. The lowest BCUT2D eigenvalue weighted by atomic mass is 9.90. The maximum atomic E-state index is 14.0. The predicted molar refractivity (Wildman–Crippen MR) is 94.7 cm³/mol. The van der Waals surface area contributed by atoms with Crippen molar-refractivity contribution in [1.29, 1.82) is 0 Å². The highest BCUT2D eigenvalue weighted by Gasteiger charge is 2.36. The van der Waals surface area contributed by atoms with Gasteiger partial charge in [0.15, 0.2) is 6.61 Å². The smallest absolute Gasteiger partial charge is 0.338 e. The number of morpholine rings is 1. The Hall–Kier alpha value is -2.15. The fourth-order valence-corrected chi connectivity index (χ4v) is 3.70. The number of nitrogens with zero attached hydrogens (tertiary/aromatic N) is 2. The van der Waals surface area contributed by atoms with Gasteiger partial charge in [-0.25, -0.2) is 9.18 Å². The van der Waals surface area contributed by atoms with E-state index in [9.17, 15) is 14.0 Å². The SMILES string of the molecule is CN(C)c1ccc(C(=O)OCC(=O)N2CCO[C@H]3CCCC[C@H]32)cc1F. The van der Waals surface area contributed by atoms with E-state index in [0.29, 0.717) is 18.8 Å². The zero-order chi connectivity index (χ0) is 18.7. The van der Waals surface area contributed by atoms with Gasteiger partial charge < -0.3 is 19.3 Å². The van der Waals surface area contributed by atoms with Crippen LogP contribution in [0, 0.1) is 5.82 Å². The molecule has 3 rings (SSSR count). The molecule has 2 aliphatic rings. The van der Waals surface area contributed by atoms with E-state index in [0.717, 1.165) is 31.7 Å². The van der Waals surface area contributed by atoms with Crippen LogP contribution in [0.1, 0.15) is 36.0 Å². The number of fused-ring (bicyclic) bond motifs is 1. The second-order valence-electron chi connectivity index (χ2n) is 6.98. The van der Waals surface area contributed by atoms with Gasteiger partial charge in [0.1, 0.15) is 5.82 Å². The number of anilines is 1. The molecule has 1 aliphatic carbocycles. The second kappa shape index (κ2) is 8.03. The maximum Gasteiger partial charge on any atom is 0.338 e. The molecule has 1 saturated carbocycles. The van der Waals surface area contributed by atoms with E-state index in [4.69, 9.17) is 9.47 Å². The van der Waals surface area contributed by atoms with Crippen LogP contribution in [-0.2, 0) is 14.3 Å². The Morgan fingerprint density at radius 2 is 2.08 bits per heavy atom. The average Bonchev–Trinajstić information content (AvgIpc) is 2.65. The molecule has 7 heteroatoms. The highest BCUT2D eigenvalue weighted by Crippen LogP contribution is 2.28. The molecule has 0 radical (unpaired) electrons. The number of halogens is 1. The van der Waals surface area contributed by atoms with Crippen molar-refractivity contribution in [1.82, 2.24) is 4.90 Å². The quantitative estimate of drug-likeness (QED) is 0.767. The molecule has 2 atom stereocenters. The molecule has 0 spiro atoms. The van der Waals surface area contributed by atoms with Gasteiger partial charge >= 0.3 is 5.97 Å². The number of ether oxygens (including phenoxy) is 2. The topological polar surface area (TPSA) is 59.1 Å². The van der Waals surface area contributed by atoms with Crippen LogP contribution >= 0.6 is 0 Å². The molecule has 2 fully saturated rings. The summed E-state index contributed by atoms with van der Waals surface area (Å²) < 4.78 is 24.9. The average molecular weight is 364 g/mol. The molecule has 26 heavy (non-hydrogen) atoms. The number of esters is 1. The Morgan fingerprint density at radius 3 is 2.81 bits per heavy atom. The van der Waals surface area contributed by atoms with Gasteiger partial charge in [0.25, 0.3) is 5.91 Å². The fourth-order valence-electron chi connectivity index (χ4n) is 3.70. The molecular formula is C19H25FN2O4. The number of carbonyl (C=O) groups is 2. The minimum atomic E-state index is -0.698. The van der Waals surface area contributed by atoms with Crippen LogP contribution in [0.25, 0.3) is 0 Å². The summed E-state index contributed by atoms with van der Waals surface area (Å²) in [4.78, 5) is 28.1. The van der Waals surface area contributed by atoms with E-state index in [1.54, 1.807) is 23.9 Å². The van der Waals surface area contributed by atoms with E-state index < -0.39 is 11.8 Å². The molecule has 0 bridgehead atoms. The van der Waals surface area contributed by atoms with E-state index >= 15 is 0 Å². The standard InChI is InChI=1S/C19H25FN2O4/c1-21(2)15-8-7-13(11-14(15)20)19(24)26-12-18(23)22-9-10-25-17-6-4-3-5-16(17)22/h7-8,11,16-17H,3-6,9-10,12H2,1-2H3/t16-,17+/m1/s1. The molecule has 6 nitrogen and oxygen atoms in total. The number of hydrogen-bond acceptors (Lipinski definition) is 5. The summed E-state index contributed by atoms with van der Waals surface area (Å²) in [6.45, 7) is 0.695. The van der Waals surface area contributed by atoms with Gasteiger partial charge in [-0.1, -0.05) is 12.8 Å². The van der Waals surface area contributed by atoms with Crippen molar-refractivity contribution in [2.75, 3.05) is 38.8 Å². The summed E-state index contributed by atoms with van der Waals surface area (Å²) in [7, 11) is 3.44. The number of hydrogen-bond donors (Lipinski definition) is 0. The van der Waals surface area contributed by atoms with Gasteiger partial charge in [0, 0.05) is 20.6 Å². The van der Waals surface area contributed by atoms with Gasteiger partial charge in [0.2, 0.25) is 0 Å². The van der Waals surface area contributed by atoms with E-state index in [1.807, 2.05) is 0 Å². The van der Waals surface area contributed by atoms with Crippen molar-refractivity contribution in [3.8, 4) is 0 Å². The maximum absolute atomic E-state index is 14.0. The third kappa shape index (κ3) is 3.98. The molecule has 0 unspecified atom stereocenters. The van der Waals surface area contributed by atoms with Crippen molar-refractivity contribution in [2.24, 2.45) is 0 Å². The highest BCUT2D eigenvalue weighted by molar-refractivity contribution is 5.91. The first-order valence-corrected chi connectivity index (χ1v) is 9.02. The zero-order valence-electron chi connectivity index (χ0n) is 15.2. The van der Waals surface area contributed by atoms with Gasteiger partial charge in [-0.15, -0.1) is 0 Å². The van der Waals surface area contributed by atoms with Crippen LogP contribution in [-0.4, -0.2) is 62.8 Å². The number of rotatable bonds is 4. The predicted octanol–water partition coefficient (Wildman–Crippen LogP) is 2.22. The monoisotopic (exact) mass is 364 g/mol. The van der Waals surface area contributed by atoms with Crippen molar-refractivity contribution < 1.29 is 23.5 Å². The van der Waals surface area contributed by atoms with E-state index in [-0.39, 0.29) is 30.2 Å². The number of amides is 1. The minimum Gasteiger partial charge on any atom is -0.452 e. The third-order valence-corrected chi connectivity index (χ3v) is 5.04. The van der Waals surface area contributed by atoms with Crippen molar-refractivity contribution in [3.05, 3.63) is 29.6 Å². The van der Waals surface area contributed by atoms with E-state index in [1.165, 1.54) is 12.1 Å². The van der Waals surface area contributed by atoms with E-state index in [2.05, 4.69) is 0 Å². The van der Waals surface area contributed by atoms with Gasteiger partial charge in [0.05, 0.1) is 30.0 Å². The largest absolute Gasteiger partial charge is 0.452 e. The summed E-state index contributed by atoms with van der Waals surface area (Å²) in [6.07, 6.45) is 4.16. The Kier molecular flexibility index (Phi) is 5.76. The van der Waals surface area contributed by atoms with Gasteiger partial charge in [-0.2, -0.15) is 0 Å². The molecule has 0 N–H and O–H groups in total. The summed E-state index contributed by atoms with van der Waals surface area (Å²) >= 11 is 0. The Morgan fingerprint density at radius 1 is 1.31 bits per heavy atom. The summed E-state index contributed by atoms with van der Waals surface area (Å²) in [5.41, 5.74) is 0.479. The summed E-state index contributed by atoms with van der Waals surface area (Å²) in [5.74, 6) is -1.42. The van der Waals surface area contributed by atoms with Crippen LogP contribution in [0.5, 0.6) is 0 Å². The summed E-state index contributed by atoms with van der Waals surface area (Å²) in [6, 6.07) is 4.22. The lowest BCUT2D eigenvalue weighted by Gasteiger charge is -2.43. The fraction of sp³-hybridized carbons (Fsp3) is 0.579. The lowest BCUT2D eigenvalue weighted by molar-refractivity contribution is -0.152. The molecule has 1 amide bonds. The minimum absolute atomic E-state index is 0.0699. The normalized spacial score (nSPS) is 22.5. The Bertz CT molecular complexity index is 678. The number of carbonyl (C=O) groups excluding carboxylic acids is 2. The Labute approximate surface area is 152 Å². The van der Waals surface area contributed by atoms with Crippen LogP contribution in [0.3, 0.4) is 0 Å². The van der Waals surface area contributed by atoms with Crippen LogP contribution in [0.15, 0.2) is 18.2 Å². The first-order valence-electron chi connectivity index (χ1n) is 9.02. The van der Waals surface area contributed by atoms with Crippen LogP contribution in [0.4, 0.5) is 10.1 Å². The lowest BCUT2D eigenvalue weighted by Crippen LogP contribution is -2.55. The molecule has 142 valence electrons. The third-order valence-electron chi connectivity index (χ3n) is 5.04. The summed E-state index contributed by atoms with van der Waals surface area (Å²) in [5, 5.41) is 0. The highest BCUT2D eigenvalue weighted by atomic mass is 19.1. The molecule has 1 aromatic carbocycles. The van der Waals surface area contributed by atoms with Gasteiger partial charge in [-0.05, 0) is 31.0 Å². The molecule has 1 heterocycles. The molecule has 1 aromatic rings. The molecule has 1 aliphatic heterocycles. The first-order chi connectivity index (χ1) is 12.5. The van der Waals surface area contributed by atoms with Crippen molar-refractivity contribution >= 4 is 17.6 Å². The van der Waals surface area contributed by atoms with Crippen molar-refractivity contribution in [2.45, 2.75) is 37.8 Å². The second-order valence-corrected chi connectivity index (χ2v) is 6.98. The Balaban J connectivity index is 1.58. The number of benzene rings is 1. The molecule has 0 aromatic heterocycles. The zero-order valence-corrected chi connectivity index (χ0v) is 15.2. The first kappa shape index (κ1) is 18.6. The van der Waals surface area contributed by atoms with Crippen LogP contribution < -0.4 is 4.90 Å².